The van der Waals surface area contributed by atoms with Gasteiger partial charge in [0.15, 0.2) is 0 Å². The Morgan fingerprint density at radius 2 is 1.70 bits per heavy atom. The summed E-state index contributed by atoms with van der Waals surface area (Å²) in [4.78, 5) is 22.9. The number of carboxylic acid groups (broad SMARTS) is 1. The Kier molecular flexibility index (Phi) is 6.22. The van der Waals surface area contributed by atoms with Gasteiger partial charge in [0.05, 0.1) is 11.8 Å². The Morgan fingerprint density at radius 3 is 2.10 bits per heavy atom. The number of carbonyl (C=O) groups is 2. The lowest BCUT2D eigenvalue weighted by molar-refractivity contribution is -0.147. The highest BCUT2D eigenvalue weighted by molar-refractivity contribution is 5.83. The summed E-state index contributed by atoms with van der Waals surface area (Å²) < 4.78 is 0. The van der Waals surface area contributed by atoms with Crippen molar-refractivity contribution >= 4 is 11.9 Å². The molecule has 1 amide bonds. The van der Waals surface area contributed by atoms with Crippen LogP contribution >= 0.6 is 0 Å². The van der Waals surface area contributed by atoms with E-state index in [1.54, 1.807) is 6.92 Å². The topological polar surface area (TPSA) is 80.4 Å². The first-order valence-corrected chi connectivity index (χ1v) is 7.08. The molecule has 4 nitrogen and oxygen atoms in total. The molecular weight excluding hydrogens is 254 g/mol. The summed E-state index contributed by atoms with van der Waals surface area (Å²) in [5, 5.41) is 9.41. The van der Waals surface area contributed by atoms with Crippen molar-refractivity contribution in [3.05, 3.63) is 35.9 Å². The smallest absolute Gasteiger partial charge is 0.307 e. The minimum absolute atomic E-state index is 0.130. The van der Waals surface area contributed by atoms with Gasteiger partial charge in [-0.15, -0.1) is 0 Å². The Morgan fingerprint density at radius 1 is 1.10 bits per heavy atom. The third kappa shape index (κ3) is 4.08. The average molecular weight is 277 g/mol. The monoisotopic (exact) mass is 277 g/mol. The molecule has 20 heavy (non-hydrogen) atoms. The summed E-state index contributed by atoms with van der Waals surface area (Å²) in [5.41, 5.74) is 6.45. The van der Waals surface area contributed by atoms with Crippen molar-refractivity contribution in [2.45, 2.75) is 39.0 Å². The van der Waals surface area contributed by atoms with Crippen molar-refractivity contribution in [3.8, 4) is 0 Å². The predicted octanol–water partition coefficient (Wildman–Crippen LogP) is 2.78. The van der Waals surface area contributed by atoms with Crippen LogP contribution in [0.4, 0.5) is 0 Å². The maximum absolute atomic E-state index is 11.5. The van der Waals surface area contributed by atoms with E-state index in [-0.39, 0.29) is 5.92 Å². The van der Waals surface area contributed by atoms with E-state index in [9.17, 15) is 14.7 Å². The van der Waals surface area contributed by atoms with Crippen LogP contribution in [0, 0.1) is 11.8 Å². The van der Waals surface area contributed by atoms with Crippen molar-refractivity contribution in [1.82, 2.24) is 0 Å². The standard InChI is InChI=1S/C16H23NO3/c1-3-11(12-8-6-5-7-9-12)10-14(16(19)20)13(4-2)15(17)18/h5-9,11,13-14H,3-4,10H2,1-2H3,(H2,17,18)(H,19,20). The maximum Gasteiger partial charge on any atom is 0.307 e. The van der Waals surface area contributed by atoms with Gasteiger partial charge in [-0.1, -0.05) is 44.2 Å². The van der Waals surface area contributed by atoms with E-state index < -0.39 is 23.7 Å². The second-order valence-electron chi connectivity index (χ2n) is 5.11. The molecule has 3 atom stereocenters. The number of benzene rings is 1. The van der Waals surface area contributed by atoms with Crippen LogP contribution in [0.2, 0.25) is 0 Å². The molecule has 0 bridgehead atoms. The first kappa shape index (κ1) is 16.2. The molecule has 3 unspecified atom stereocenters. The molecule has 0 fully saturated rings. The highest BCUT2D eigenvalue weighted by Crippen LogP contribution is 2.31. The fourth-order valence-corrected chi connectivity index (χ4v) is 2.69. The number of rotatable bonds is 8. The molecule has 0 spiro atoms. The second-order valence-corrected chi connectivity index (χ2v) is 5.11. The highest BCUT2D eigenvalue weighted by Gasteiger charge is 2.33. The van der Waals surface area contributed by atoms with E-state index in [4.69, 9.17) is 5.73 Å². The van der Waals surface area contributed by atoms with Gasteiger partial charge in [-0.3, -0.25) is 9.59 Å². The van der Waals surface area contributed by atoms with E-state index in [1.165, 1.54) is 0 Å². The minimum Gasteiger partial charge on any atom is -0.481 e. The number of carboxylic acids is 1. The van der Waals surface area contributed by atoms with Gasteiger partial charge in [-0.25, -0.2) is 0 Å². The van der Waals surface area contributed by atoms with Crippen LogP contribution in [0.5, 0.6) is 0 Å². The minimum atomic E-state index is -0.940. The van der Waals surface area contributed by atoms with Crippen LogP contribution in [-0.4, -0.2) is 17.0 Å². The van der Waals surface area contributed by atoms with Gasteiger partial charge in [-0.2, -0.15) is 0 Å². The van der Waals surface area contributed by atoms with Crippen LogP contribution in [0.25, 0.3) is 0 Å². The van der Waals surface area contributed by atoms with Gasteiger partial charge in [0.1, 0.15) is 0 Å². The van der Waals surface area contributed by atoms with E-state index in [1.807, 2.05) is 37.3 Å². The average Bonchev–Trinajstić information content (AvgIpc) is 2.43. The summed E-state index contributed by atoms with van der Waals surface area (Å²) in [5.74, 6) is -2.66. The van der Waals surface area contributed by atoms with E-state index in [0.717, 1.165) is 12.0 Å². The summed E-state index contributed by atoms with van der Waals surface area (Å²) in [6, 6.07) is 9.82. The molecule has 0 aliphatic heterocycles. The lowest BCUT2D eigenvalue weighted by atomic mass is 9.79. The second kappa shape index (κ2) is 7.68. The number of hydrogen-bond acceptors (Lipinski definition) is 2. The quantitative estimate of drug-likeness (QED) is 0.766. The van der Waals surface area contributed by atoms with Crippen molar-refractivity contribution in [2.24, 2.45) is 17.6 Å². The molecule has 1 rings (SSSR count). The molecule has 1 aromatic rings. The van der Waals surface area contributed by atoms with Gasteiger partial charge >= 0.3 is 5.97 Å². The molecule has 0 saturated carbocycles. The molecule has 0 radical (unpaired) electrons. The number of hydrogen-bond donors (Lipinski definition) is 2. The van der Waals surface area contributed by atoms with Crippen LogP contribution in [0.3, 0.4) is 0 Å². The summed E-state index contributed by atoms with van der Waals surface area (Å²) in [7, 11) is 0. The Labute approximate surface area is 120 Å². The van der Waals surface area contributed by atoms with Gasteiger partial charge in [-0.05, 0) is 30.7 Å². The molecule has 0 heterocycles. The van der Waals surface area contributed by atoms with Gasteiger partial charge in [0.2, 0.25) is 5.91 Å². The van der Waals surface area contributed by atoms with Crippen molar-refractivity contribution in [1.29, 1.82) is 0 Å². The molecule has 0 aromatic heterocycles. The van der Waals surface area contributed by atoms with Crippen molar-refractivity contribution in [2.75, 3.05) is 0 Å². The zero-order valence-corrected chi connectivity index (χ0v) is 12.1. The van der Waals surface area contributed by atoms with E-state index in [2.05, 4.69) is 0 Å². The molecule has 4 heteroatoms. The summed E-state index contributed by atoms with van der Waals surface area (Å²) in [6.45, 7) is 3.83. The van der Waals surface area contributed by atoms with Crippen LogP contribution in [-0.2, 0) is 9.59 Å². The van der Waals surface area contributed by atoms with Gasteiger partial charge in [0.25, 0.3) is 0 Å². The first-order valence-electron chi connectivity index (χ1n) is 7.08. The third-order valence-electron chi connectivity index (χ3n) is 3.91. The number of aliphatic carboxylic acids is 1. The molecule has 0 saturated heterocycles. The molecule has 1 aromatic carbocycles. The van der Waals surface area contributed by atoms with Crippen molar-refractivity contribution in [3.63, 3.8) is 0 Å². The van der Waals surface area contributed by atoms with Crippen molar-refractivity contribution < 1.29 is 14.7 Å². The number of amides is 1. The lowest BCUT2D eigenvalue weighted by Crippen LogP contribution is -2.35. The Bertz CT molecular complexity index is 444. The Balaban J connectivity index is 2.93. The normalized spacial score (nSPS) is 15.3. The van der Waals surface area contributed by atoms with Crippen LogP contribution in [0.15, 0.2) is 30.3 Å². The predicted molar refractivity (Wildman–Crippen MR) is 78.2 cm³/mol. The largest absolute Gasteiger partial charge is 0.481 e. The molecule has 110 valence electrons. The third-order valence-corrected chi connectivity index (χ3v) is 3.91. The zero-order valence-electron chi connectivity index (χ0n) is 12.1. The molecular formula is C16H23NO3. The van der Waals surface area contributed by atoms with Crippen LogP contribution < -0.4 is 5.73 Å². The highest BCUT2D eigenvalue weighted by atomic mass is 16.4. The fraction of sp³-hybridized carbons (Fsp3) is 0.500. The summed E-state index contributed by atoms with van der Waals surface area (Å²) >= 11 is 0. The number of primary amides is 1. The number of carbonyl (C=O) groups excluding carboxylic acids is 1. The zero-order chi connectivity index (χ0) is 15.1. The van der Waals surface area contributed by atoms with E-state index >= 15 is 0 Å². The molecule has 0 aliphatic rings. The van der Waals surface area contributed by atoms with Gasteiger partial charge in [0, 0.05) is 0 Å². The lowest BCUT2D eigenvalue weighted by Gasteiger charge is -2.24. The SMILES string of the molecule is CCC(CC(C(=O)O)C(CC)C(N)=O)c1ccccc1. The fourth-order valence-electron chi connectivity index (χ4n) is 2.69. The van der Waals surface area contributed by atoms with Gasteiger partial charge < -0.3 is 10.8 Å². The van der Waals surface area contributed by atoms with E-state index in [0.29, 0.717) is 12.8 Å². The Hall–Kier alpha value is -1.84. The summed E-state index contributed by atoms with van der Waals surface area (Å²) in [6.07, 6.45) is 1.73. The number of nitrogens with two attached hydrogens (primary N) is 1. The first-order chi connectivity index (χ1) is 9.51. The molecule has 3 N–H and O–H groups in total. The van der Waals surface area contributed by atoms with Crippen LogP contribution in [0.1, 0.15) is 44.6 Å². The maximum atomic E-state index is 11.5. The molecule has 0 aliphatic carbocycles.